The summed E-state index contributed by atoms with van der Waals surface area (Å²) in [5, 5.41) is 3.73. The Morgan fingerprint density at radius 3 is 2.53 bits per heavy atom. The summed E-state index contributed by atoms with van der Waals surface area (Å²) in [7, 11) is 0. The molecule has 106 valence electrons. The number of nitrogens with one attached hydrogen (secondary N) is 1. The molecule has 3 heteroatoms. The van der Waals surface area contributed by atoms with E-state index in [1.54, 1.807) is 0 Å². The Morgan fingerprint density at radius 1 is 1.16 bits per heavy atom. The quantitative estimate of drug-likeness (QED) is 0.901. The zero-order chi connectivity index (χ0) is 14.1. The average Bonchev–Trinajstić information content (AvgIpc) is 2.75. The largest absolute Gasteiger partial charge is 0.454 e. The van der Waals surface area contributed by atoms with Crippen molar-refractivity contribution in [3.05, 3.63) is 23.8 Å². The maximum absolute atomic E-state index is 5.60. The third-order valence-electron chi connectivity index (χ3n) is 3.52. The van der Waals surface area contributed by atoms with Gasteiger partial charge >= 0.3 is 0 Å². The summed E-state index contributed by atoms with van der Waals surface area (Å²) in [5.74, 6) is 1.78. The van der Waals surface area contributed by atoms with Gasteiger partial charge in [-0.2, -0.15) is 0 Å². The van der Waals surface area contributed by atoms with Gasteiger partial charge in [0.2, 0.25) is 6.79 Å². The number of hydrogen-bond donors (Lipinski definition) is 1. The molecule has 0 saturated carbocycles. The Labute approximate surface area is 116 Å². The zero-order valence-corrected chi connectivity index (χ0v) is 12.7. The van der Waals surface area contributed by atoms with Crippen molar-refractivity contribution in [2.45, 2.75) is 58.5 Å². The van der Waals surface area contributed by atoms with E-state index in [0.717, 1.165) is 24.3 Å². The van der Waals surface area contributed by atoms with E-state index in [1.807, 2.05) is 12.1 Å². The number of para-hydroxylation sites is 1. The van der Waals surface area contributed by atoms with E-state index in [0.29, 0.717) is 6.79 Å². The lowest BCUT2D eigenvalue weighted by Crippen LogP contribution is -2.53. The number of rotatable bonds is 4. The Balaban J connectivity index is 2.21. The highest BCUT2D eigenvalue weighted by Gasteiger charge is 2.30. The van der Waals surface area contributed by atoms with E-state index in [2.05, 4.69) is 46.0 Å². The summed E-state index contributed by atoms with van der Waals surface area (Å²) < 4.78 is 11.0. The van der Waals surface area contributed by atoms with Gasteiger partial charge in [-0.25, -0.2) is 0 Å². The fraction of sp³-hybridized carbons (Fsp3) is 0.625. The van der Waals surface area contributed by atoms with Crippen molar-refractivity contribution in [2.75, 3.05) is 6.79 Å². The second-order valence-electron chi connectivity index (χ2n) is 6.62. The maximum Gasteiger partial charge on any atom is 0.231 e. The van der Waals surface area contributed by atoms with Crippen LogP contribution in [0.4, 0.5) is 0 Å². The molecular formula is C16H25NO2. The second kappa shape index (κ2) is 5.04. The predicted octanol–water partition coefficient (Wildman–Crippen LogP) is 3.51. The SMILES string of the molecule is CCC(C)(Cc1cccc2c1OCO2)NC(C)(C)C. The normalized spacial score (nSPS) is 17.3. The summed E-state index contributed by atoms with van der Waals surface area (Å²) >= 11 is 0. The topological polar surface area (TPSA) is 30.5 Å². The van der Waals surface area contributed by atoms with Gasteiger partial charge < -0.3 is 14.8 Å². The first-order chi connectivity index (χ1) is 8.83. The fourth-order valence-electron chi connectivity index (χ4n) is 2.71. The molecule has 1 aliphatic rings. The van der Waals surface area contributed by atoms with Gasteiger partial charge in [0.15, 0.2) is 11.5 Å². The molecule has 1 aromatic rings. The van der Waals surface area contributed by atoms with Crippen molar-refractivity contribution >= 4 is 0 Å². The van der Waals surface area contributed by atoms with Gasteiger partial charge in [-0.3, -0.25) is 0 Å². The van der Waals surface area contributed by atoms with Crippen LogP contribution in [0.1, 0.15) is 46.6 Å². The third kappa shape index (κ3) is 3.41. The molecule has 0 bridgehead atoms. The highest BCUT2D eigenvalue weighted by Crippen LogP contribution is 2.37. The predicted molar refractivity (Wildman–Crippen MR) is 77.9 cm³/mol. The van der Waals surface area contributed by atoms with Crippen LogP contribution in [-0.2, 0) is 6.42 Å². The van der Waals surface area contributed by atoms with E-state index in [4.69, 9.17) is 9.47 Å². The summed E-state index contributed by atoms with van der Waals surface area (Å²) in [4.78, 5) is 0. The third-order valence-corrected chi connectivity index (χ3v) is 3.52. The lowest BCUT2D eigenvalue weighted by molar-refractivity contribution is 0.172. The van der Waals surface area contributed by atoms with Gasteiger partial charge in [-0.15, -0.1) is 0 Å². The first kappa shape index (κ1) is 14.2. The number of fused-ring (bicyclic) bond motifs is 1. The number of benzene rings is 1. The van der Waals surface area contributed by atoms with Gasteiger partial charge in [0.05, 0.1) is 0 Å². The molecule has 0 saturated heterocycles. The molecule has 0 amide bonds. The molecule has 3 nitrogen and oxygen atoms in total. The Kier molecular flexibility index (Phi) is 3.77. The molecule has 0 aliphatic carbocycles. The van der Waals surface area contributed by atoms with Crippen molar-refractivity contribution in [1.29, 1.82) is 0 Å². The first-order valence-corrected chi connectivity index (χ1v) is 7.00. The smallest absolute Gasteiger partial charge is 0.231 e. The van der Waals surface area contributed by atoms with Gasteiger partial charge in [-0.1, -0.05) is 19.1 Å². The van der Waals surface area contributed by atoms with Crippen molar-refractivity contribution in [1.82, 2.24) is 5.32 Å². The molecule has 0 fully saturated rings. The Hall–Kier alpha value is -1.22. The van der Waals surface area contributed by atoms with Crippen molar-refractivity contribution in [2.24, 2.45) is 0 Å². The van der Waals surface area contributed by atoms with Crippen molar-refractivity contribution in [3.8, 4) is 11.5 Å². The summed E-state index contributed by atoms with van der Waals surface area (Å²) in [6.07, 6.45) is 2.00. The van der Waals surface area contributed by atoms with Crippen LogP contribution in [-0.4, -0.2) is 17.9 Å². The van der Waals surface area contributed by atoms with Gasteiger partial charge in [-0.05, 0) is 52.2 Å². The van der Waals surface area contributed by atoms with E-state index in [9.17, 15) is 0 Å². The van der Waals surface area contributed by atoms with Crippen LogP contribution in [0.3, 0.4) is 0 Å². The minimum Gasteiger partial charge on any atom is -0.454 e. The summed E-state index contributed by atoms with van der Waals surface area (Å²) in [6, 6.07) is 6.13. The zero-order valence-electron chi connectivity index (χ0n) is 12.7. The van der Waals surface area contributed by atoms with Gasteiger partial charge in [0.25, 0.3) is 0 Å². The molecular weight excluding hydrogens is 238 g/mol. The molecule has 1 unspecified atom stereocenters. The summed E-state index contributed by atoms with van der Waals surface area (Å²) in [6.45, 7) is 11.4. The molecule has 1 atom stereocenters. The van der Waals surface area contributed by atoms with E-state index in [1.165, 1.54) is 5.56 Å². The van der Waals surface area contributed by atoms with Crippen LogP contribution in [0.5, 0.6) is 11.5 Å². The lowest BCUT2D eigenvalue weighted by Gasteiger charge is -2.37. The molecule has 1 heterocycles. The van der Waals surface area contributed by atoms with Crippen LogP contribution in [0.25, 0.3) is 0 Å². The van der Waals surface area contributed by atoms with E-state index >= 15 is 0 Å². The molecule has 1 aliphatic heterocycles. The molecule has 0 radical (unpaired) electrons. The highest BCUT2D eigenvalue weighted by molar-refractivity contribution is 5.48. The summed E-state index contributed by atoms with van der Waals surface area (Å²) in [5.41, 5.74) is 1.37. The Bertz CT molecular complexity index is 451. The fourth-order valence-corrected chi connectivity index (χ4v) is 2.71. The van der Waals surface area contributed by atoms with Gasteiger partial charge in [0.1, 0.15) is 0 Å². The first-order valence-electron chi connectivity index (χ1n) is 7.00. The molecule has 1 aromatic carbocycles. The maximum atomic E-state index is 5.60. The van der Waals surface area contributed by atoms with E-state index < -0.39 is 0 Å². The number of ether oxygens (including phenoxy) is 2. The highest BCUT2D eigenvalue weighted by atomic mass is 16.7. The van der Waals surface area contributed by atoms with Crippen LogP contribution in [0, 0.1) is 0 Å². The standard InChI is InChI=1S/C16H25NO2/c1-6-16(5,17-15(2,3)4)10-12-8-7-9-13-14(12)19-11-18-13/h7-9,17H,6,10-11H2,1-5H3. The molecule has 1 N–H and O–H groups in total. The molecule has 0 spiro atoms. The average molecular weight is 263 g/mol. The number of hydrogen-bond acceptors (Lipinski definition) is 3. The van der Waals surface area contributed by atoms with Crippen LogP contribution in [0.15, 0.2) is 18.2 Å². The van der Waals surface area contributed by atoms with Crippen LogP contribution < -0.4 is 14.8 Å². The van der Waals surface area contributed by atoms with Crippen molar-refractivity contribution < 1.29 is 9.47 Å². The van der Waals surface area contributed by atoms with Crippen LogP contribution >= 0.6 is 0 Å². The van der Waals surface area contributed by atoms with E-state index in [-0.39, 0.29) is 11.1 Å². The lowest BCUT2D eigenvalue weighted by atomic mass is 9.87. The van der Waals surface area contributed by atoms with Crippen LogP contribution in [0.2, 0.25) is 0 Å². The monoisotopic (exact) mass is 263 g/mol. The molecule has 19 heavy (non-hydrogen) atoms. The van der Waals surface area contributed by atoms with Gasteiger partial charge in [0, 0.05) is 11.1 Å². The van der Waals surface area contributed by atoms with Crippen molar-refractivity contribution in [3.63, 3.8) is 0 Å². The Morgan fingerprint density at radius 2 is 1.89 bits per heavy atom. The second-order valence-corrected chi connectivity index (χ2v) is 6.62. The minimum atomic E-state index is 0.0549. The minimum absolute atomic E-state index is 0.0549. The molecule has 2 rings (SSSR count). The molecule has 0 aromatic heterocycles.